The number of rotatable bonds is 8. The van der Waals surface area contributed by atoms with Crippen molar-refractivity contribution in [1.82, 2.24) is 14.9 Å². The van der Waals surface area contributed by atoms with Crippen LogP contribution in [0.25, 0.3) is 0 Å². The molecule has 2 aromatic rings. The van der Waals surface area contributed by atoms with E-state index >= 15 is 0 Å². The van der Waals surface area contributed by atoms with Crippen molar-refractivity contribution in [2.24, 2.45) is 0 Å². The second-order valence-corrected chi connectivity index (χ2v) is 6.00. The van der Waals surface area contributed by atoms with E-state index in [0.717, 1.165) is 5.82 Å². The lowest BCUT2D eigenvalue weighted by molar-refractivity contribution is -0.124. The number of amides is 1. The molecule has 1 aromatic carbocycles. The number of hydrogen-bond acceptors (Lipinski definition) is 4. The van der Waals surface area contributed by atoms with Gasteiger partial charge in [0.25, 0.3) is 0 Å². The average molecular weight is 345 g/mol. The first-order valence-electron chi connectivity index (χ1n) is 8.16. The van der Waals surface area contributed by atoms with Gasteiger partial charge in [0.15, 0.2) is 0 Å². The molecule has 0 aliphatic carbocycles. The van der Waals surface area contributed by atoms with Gasteiger partial charge in [0.05, 0.1) is 12.1 Å². The fourth-order valence-corrected chi connectivity index (χ4v) is 2.44. The number of carbonyl (C=O) groups is 2. The predicted octanol–water partition coefficient (Wildman–Crippen LogP) is 2.46. The van der Waals surface area contributed by atoms with Crippen LogP contribution in [0.3, 0.4) is 0 Å². The van der Waals surface area contributed by atoms with Gasteiger partial charge in [-0.25, -0.2) is 9.78 Å². The van der Waals surface area contributed by atoms with Crippen LogP contribution < -0.4 is 10.1 Å². The highest BCUT2D eigenvalue weighted by Gasteiger charge is 2.18. The van der Waals surface area contributed by atoms with E-state index in [0.29, 0.717) is 12.3 Å². The topological polar surface area (TPSA) is 93.5 Å². The third-order valence-electron chi connectivity index (χ3n) is 3.76. The number of benzene rings is 1. The van der Waals surface area contributed by atoms with Crippen LogP contribution in [-0.2, 0) is 4.79 Å². The summed E-state index contributed by atoms with van der Waals surface area (Å²) in [4.78, 5) is 27.5. The van der Waals surface area contributed by atoms with Crippen molar-refractivity contribution in [1.29, 1.82) is 0 Å². The van der Waals surface area contributed by atoms with Crippen LogP contribution in [0.4, 0.5) is 0 Å². The van der Waals surface area contributed by atoms with Crippen molar-refractivity contribution in [3.05, 3.63) is 48.0 Å². The highest BCUT2D eigenvalue weighted by atomic mass is 16.5. The Morgan fingerprint density at radius 2 is 2.08 bits per heavy atom. The first-order valence-corrected chi connectivity index (χ1v) is 8.16. The number of hydrogen-bond donors (Lipinski definition) is 2. The van der Waals surface area contributed by atoms with Crippen LogP contribution in [0.1, 0.15) is 48.9 Å². The summed E-state index contributed by atoms with van der Waals surface area (Å²) in [6, 6.07) is 5.88. The number of nitrogens with zero attached hydrogens (tertiary/aromatic N) is 2. The smallest absolute Gasteiger partial charge is 0.335 e. The number of aromatic carboxylic acids is 1. The van der Waals surface area contributed by atoms with E-state index in [1.807, 2.05) is 25.3 Å². The van der Waals surface area contributed by atoms with Crippen LogP contribution in [0.5, 0.6) is 5.75 Å². The maximum absolute atomic E-state index is 12.3. The van der Waals surface area contributed by atoms with Gasteiger partial charge in [-0.3, -0.25) is 4.79 Å². The van der Waals surface area contributed by atoms with Gasteiger partial charge in [0.2, 0.25) is 5.91 Å². The standard InChI is InChI=1S/C18H23N3O4/c1-12(2)16-19-7-9-21(16)13(3)17(22)20-8-10-25-15-6-4-5-14(11-15)18(23)24/h4-7,9,11-13H,8,10H2,1-3H3,(H,20,22)(H,23,24)/t13-/m0/s1. The molecular weight excluding hydrogens is 322 g/mol. The van der Waals surface area contributed by atoms with E-state index in [9.17, 15) is 9.59 Å². The van der Waals surface area contributed by atoms with Gasteiger partial charge in [-0.05, 0) is 25.1 Å². The zero-order valence-corrected chi connectivity index (χ0v) is 14.6. The Labute approximate surface area is 146 Å². The molecule has 1 aromatic heterocycles. The van der Waals surface area contributed by atoms with Crippen molar-refractivity contribution < 1.29 is 19.4 Å². The van der Waals surface area contributed by atoms with Crippen LogP contribution >= 0.6 is 0 Å². The Morgan fingerprint density at radius 3 is 2.76 bits per heavy atom. The molecule has 0 saturated carbocycles. The van der Waals surface area contributed by atoms with Crippen LogP contribution in [0, 0.1) is 0 Å². The van der Waals surface area contributed by atoms with Gasteiger partial charge in [-0.15, -0.1) is 0 Å². The molecule has 0 unspecified atom stereocenters. The molecule has 0 spiro atoms. The summed E-state index contributed by atoms with van der Waals surface area (Å²) in [5.74, 6) is 0.426. The van der Waals surface area contributed by atoms with Crippen molar-refractivity contribution in [3.63, 3.8) is 0 Å². The minimum Gasteiger partial charge on any atom is -0.492 e. The van der Waals surface area contributed by atoms with Crippen molar-refractivity contribution in [2.45, 2.75) is 32.7 Å². The van der Waals surface area contributed by atoms with Gasteiger partial charge in [0.1, 0.15) is 24.2 Å². The molecule has 0 radical (unpaired) electrons. The molecule has 1 amide bonds. The lowest BCUT2D eigenvalue weighted by atomic mass is 10.2. The Hall–Kier alpha value is -2.83. The van der Waals surface area contributed by atoms with E-state index in [-0.39, 0.29) is 30.0 Å². The fourth-order valence-electron chi connectivity index (χ4n) is 2.44. The molecule has 0 aliphatic rings. The lowest BCUT2D eigenvalue weighted by Gasteiger charge is -2.18. The third kappa shape index (κ3) is 4.82. The Bertz CT molecular complexity index is 739. The molecular formula is C18H23N3O4. The van der Waals surface area contributed by atoms with Crippen molar-refractivity contribution in [3.8, 4) is 5.75 Å². The molecule has 134 valence electrons. The first kappa shape index (κ1) is 18.5. The largest absolute Gasteiger partial charge is 0.492 e. The number of ether oxygens (including phenoxy) is 1. The minimum absolute atomic E-state index is 0.122. The van der Waals surface area contributed by atoms with Crippen LogP contribution in [0.2, 0.25) is 0 Å². The summed E-state index contributed by atoms with van der Waals surface area (Å²) >= 11 is 0. The van der Waals surface area contributed by atoms with Crippen LogP contribution in [-0.4, -0.2) is 39.7 Å². The zero-order chi connectivity index (χ0) is 18.4. The van der Waals surface area contributed by atoms with Gasteiger partial charge >= 0.3 is 5.97 Å². The molecule has 2 N–H and O–H groups in total. The Morgan fingerprint density at radius 1 is 1.32 bits per heavy atom. The Balaban J connectivity index is 1.83. The molecule has 25 heavy (non-hydrogen) atoms. The molecule has 1 atom stereocenters. The number of carboxylic acid groups (broad SMARTS) is 1. The average Bonchev–Trinajstić information content (AvgIpc) is 3.08. The summed E-state index contributed by atoms with van der Waals surface area (Å²) in [5.41, 5.74) is 0.163. The minimum atomic E-state index is -1.01. The molecule has 7 nitrogen and oxygen atoms in total. The van der Waals surface area contributed by atoms with Gasteiger partial charge in [-0.1, -0.05) is 19.9 Å². The summed E-state index contributed by atoms with van der Waals surface area (Å²) in [5, 5.41) is 11.8. The second-order valence-electron chi connectivity index (χ2n) is 6.00. The van der Waals surface area contributed by atoms with E-state index < -0.39 is 5.97 Å². The fraction of sp³-hybridized carbons (Fsp3) is 0.389. The van der Waals surface area contributed by atoms with Gasteiger partial charge in [-0.2, -0.15) is 0 Å². The molecule has 0 saturated heterocycles. The number of nitrogens with one attached hydrogen (secondary N) is 1. The van der Waals surface area contributed by atoms with Gasteiger partial charge < -0.3 is 19.7 Å². The molecule has 7 heteroatoms. The number of aromatic nitrogens is 2. The third-order valence-corrected chi connectivity index (χ3v) is 3.76. The molecule has 0 fully saturated rings. The molecule has 1 heterocycles. The van der Waals surface area contributed by atoms with E-state index in [4.69, 9.17) is 9.84 Å². The highest BCUT2D eigenvalue weighted by Crippen LogP contribution is 2.17. The summed E-state index contributed by atoms with van der Waals surface area (Å²) in [7, 11) is 0. The molecule has 0 bridgehead atoms. The van der Waals surface area contributed by atoms with E-state index in [2.05, 4.69) is 10.3 Å². The normalized spacial score (nSPS) is 12.0. The first-order chi connectivity index (χ1) is 11.9. The number of carbonyl (C=O) groups excluding carboxylic acids is 1. The van der Waals surface area contributed by atoms with Crippen molar-refractivity contribution >= 4 is 11.9 Å². The van der Waals surface area contributed by atoms with E-state index in [1.165, 1.54) is 12.1 Å². The SMILES string of the molecule is CC(C)c1nccn1[C@@H](C)C(=O)NCCOc1cccc(C(=O)O)c1. The summed E-state index contributed by atoms with van der Waals surface area (Å²) < 4.78 is 7.34. The van der Waals surface area contributed by atoms with Crippen molar-refractivity contribution in [2.75, 3.05) is 13.2 Å². The highest BCUT2D eigenvalue weighted by molar-refractivity contribution is 5.88. The zero-order valence-electron chi connectivity index (χ0n) is 14.6. The maximum atomic E-state index is 12.3. The monoisotopic (exact) mass is 345 g/mol. The quantitative estimate of drug-likeness (QED) is 0.717. The lowest BCUT2D eigenvalue weighted by Crippen LogP contribution is -2.34. The summed E-state index contributed by atoms with van der Waals surface area (Å²) in [6.45, 7) is 6.46. The Kier molecular flexibility index (Phi) is 6.16. The van der Waals surface area contributed by atoms with E-state index in [1.54, 1.807) is 24.5 Å². The maximum Gasteiger partial charge on any atom is 0.335 e. The number of imidazole rings is 1. The molecule has 2 rings (SSSR count). The van der Waals surface area contributed by atoms with Gasteiger partial charge in [0, 0.05) is 18.3 Å². The van der Waals surface area contributed by atoms with Crippen LogP contribution in [0.15, 0.2) is 36.7 Å². The summed E-state index contributed by atoms with van der Waals surface area (Å²) in [6.07, 6.45) is 3.49. The second kappa shape index (κ2) is 8.32. The predicted molar refractivity (Wildman–Crippen MR) is 92.9 cm³/mol. The molecule has 0 aliphatic heterocycles. The number of carboxylic acids is 1.